The first-order chi connectivity index (χ1) is 18.2. The second kappa shape index (κ2) is 11.7. The molecular weight excluding hydrogens is 517 g/mol. The molecule has 0 saturated heterocycles. The standard InChI is InChI=1S/C26H23F3N6O2S/c1-17(20-4-3-5-23(14-20)36-2)32-25(38)33-31-15-18-6-8-19(9-7-18)24-30-16-35(34-24)21-10-12-22(13-11-21)37-26(27,28)29/h3-17H,1-2H3,(H2,32,33,38)/b31-15+. The second-order valence-corrected chi connectivity index (χ2v) is 8.43. The number of hydrogen-bond acceptors (Lipinski definition) is 6. The minimum atomic E-state index is -4.74. The predicted octanol–water partition coefficient (Wildman–Crippen LogP) is 5.40. The highest BCUT2D eigenvalue weighted by Crippen LogP contribution is 2.24. The Bertz CT molecular complexity index is 1410. The zero-order valence-corrected chi connectivity index (χ0v) is 21.1. The number of nitrogens with one attached hydrogen (secondary N) is 2. The lowest BCUT2D eigenvalue weighted by Gasteiger charge is -2.16. The third kappa shape index (κ3) is 7.29. The first-order valence-electron chi connectivity index (χ1n) is 11.3. The van der Waals surface area contributed by atoms with Crippen LogP contribution in [0.4, 0.5) is 13.2 Å². The van der Waals surface area contributed by atoms with Crippen molar-refractivity contribution in [1.29, 1.82) is 0 Å². The van der Waals surface area contributed by atoms with Crippen LogP contribution in [0.1, 0.15) is 24.1 Å². The van der Waals surface area contributed by atoms with Crippen molar-refractivity contribution in [2.24, 2.45) is 5.10 Å². The lowest BCUT2D eigenvalue weighted by Crippen LogP contribution is -2.34. The number of ether oxygens (including phenoxy) is 2. The molecule has 1 aromatic heterocycles. The van der Waals surface area contributed by atoms with Crippen LogP contribution in [0.5, 0.6) is 11.5 Å². The zero-order valence-electron chi connectivity index (χ0n) is 20.3. The topological polar surface area (TPSA) is 85.6 Å². The molecule has 4 aromatic rings. The van der Waals surface area contributed by atoms with E-state index in [1.807, 2.05) is 55.5 Å². The van der Waals surface area contributed by atoms with Crippen LogP contribution in [-0.2, 0) is 0 Å². The van der Waals surface area contributed by atoms with E-state index in [1.165, 1.54) is 35.3 Å². The summed E-state index contributed by atoms with van der Waals surface area (Å²) in [7, 11) is 1.62. The molecule has 0 saturated carbocycles. The summed E-state index contributed by atoms with van der Waals surface area (Å²) in [5.74, 6) is 0.919. The largest absolute Gasteiger partial charge is 0.573 e. The van der Waals surface area contributed by atoms with Gasteiger partial charge in [0.1, 0.15) is 17.8 Å². The number of rotatable bonds is 8. The van der Waals surface area contributed by atoms with Gasteiger partial charge in [-0.25, -0.2) is 9.67 Å². The average Bonchev–Trinajstić information content (AvgIpc) is 3.39. The van der Waals surface area contributed by atoms with Crippen LogP contribution < -0.4 is 20.2 Å². The molecule has 0 aliphatic heterocycles. The van der Waals surface area contributed by atoms with Gasteiger partial charge in [0.15, 0.2) is 10.9 Å². The lowest BCUT2D eigenvalue weighted by atomic mass is 10.1. The minimum Gasteiger partial charge on any atom is -0.497 e. The number of alkyl halides is 3. The Labute approximate surface area is 222 Å². The first-order valence-corrected chi connectivity index (χ1v) is 11.7. The molecule has 8 nitrogen and oxygen atoms in total. The number of nitrogens with zero attached hydrogens (tertiary/aromatic N) is 4. The molecule has 1 heterocycles. The summed E-state index contributed by atoms with van der Waals surface area (Å²) in [6.07, 6.45) is -1.63. The quantitative estimate of drug-likeness (QED) is 0.176. The highest BCUT2D eigenvalue weighted by atomic mass is 32.1. The maximum absolute atomic E-state index is 12.3. The number of benzene rings is 3. The van der Waals surface area contributed by atoms with E-state index >= 15 is 0 Å². The molecule has 0 aliphatic carbocycles. The maximum Gasteiger partial charge on any atom is 0.573 e. The molecule has 0 radical (unpaired) electrons. The van der Waals surface area contributed by atoms with Gasteiger partial charge in [0.2, 0.25) is 0 Å². The molecule has 0 amide bonds. The number of hydrazone groups is 1. The molecular formula is C26H23F3N6O2S. The molecule has 0 spiro atoms. The fourth-order valence-corrected chi connectivity index (χ4v) is 3.66. The molecule has 12 heteroatoms. The SMILES string of the molecule is COc1cccc(C(C)NC(=S)N/N=C/c2ccc(-c3ncn(-c4ccc(OC(F)(F)F)cc4)n3)cc2)c1. The van der Waals surface area contributed by atoms with Gasteiger partial charge in [-0.15, -0.1) is 18.3 Å². The van der Waals surface area contributed by atoms with E-state index < -0.39 is 6.36 Å². The summed E-state index contributed by atoms with van der Waals surface area (Å²) >= 11 is 5.32. The van der Waals surface area contributed by atoms with Gasteiger partial charge in [-0.2, -0.15) is 5.10 Å². The summed E-state index contributed by atoms with van der Waals surface area (Å²) < 4.78 is 47.6. The van der Waals surface area contributed by atoms with Crippen LogP contribution in [0.25, 0.3) is 17.1 Å². The third-order valence-corrected chi connectivity index (χ3v) is 5.53. The van der Waals surface area contributed by atoms with Gasteiger partial charge in [0.25, 0.3) is 0 Å². The number of hydrogen-bond donors (Lipinski definition) is 2. The number of thiocarbonyl (C=S) groups is 1. The summed E-state index contributed by atoms with van der Waals surface area (Å²) in [6.45, 7) is 1.98. The summed E-state index contributed by atoms with van der Waals surface area (Å²) in [4.78, 5) is 4.28. The van der Waals surface area contributed by atoms with Gasteiger partial charge in [-0.3, -0.25) is 5.43 Å². The summed E-state index contributed by atoms with van der Waals surface area (Å²) in [6, 6.07) is 20.4. The molecule has 0 aliphatic rings. The number of aromatic nitrogens is 3. The van der Waals surface area contributed by atoms with Gasteiger partial charge in [-0.1, -0.05) is 36.4 Å². The van der Waals surface area contributed by atoms with Gasteiger partial charge < -0.3 is 14.8 Å². The molecule has 4 rings (SSSR count). The molecule has 196 valence electrons. The lowest BCUT2D eigenvalue weighted by molar-refractivity contribution is -0.274. The van der Waals surface area contributed by atoms with Crippen molar-refractivity contribution in [2.45, 2.75) is 19.3 Å². The van der Waals surface area contributed by atoms with Gasteiger partial charge in [-0.05, 0) is 66.7 Å². The average molecular weight is 541 g/mol. The fraction of sp³-hybridized carbons (Fsp3) is 0.154. The zero-order chi connectivity index (χ0) is 27.1. The Balaban J connectivity index is 1.31. The van der Waals surface area contributed by atoms with Crippen molar-refractivity contribution in [3.63, 3.8) is 0 Å². The van der Waals surface area contributed by atoms with Crippen LogP contribution in [0, 0.1) is 0 Å². The van der Waals surface area contributed by atoms with E-state index in [0.717, 1.165) is 22.4 Å². The van der Waals surface area contributed by atoms with Crippen molar-refractivity contribution in [3.05, 3.63) is 90.3 Å². The van der Waals surface area contributed by atoms with Crippen LogP contribution in [0.3, 0.4) is 0 Å². The third-order valence-electron chi connectivity index (χ3n) is 5.32. The molecule has 3 aromatic carbocycles. The Hall–Kier alpha value is -4.45. The van der Waals surface area contributed by atoms with Gasteiger partial charge in [0.05, 0.1) is 25.1 Å². The van der Waals surface area contributed by atoms with Crippen molar-refractivity contribution in [3.8, 4) is 28.6 Å². The Morgan fingerprint density at radius 1 is 1.05 bits per heavy atom. The Morgan fingerprint density at radius 3 is 2.47 bits per heavy atom. The summed E-state index contributed by atoms with van der Waals surface area (Å²) in [5.41, 5.74) is 5.95. The number of halogens is 3. The highest BCUT2D eigenvalue weighted by Gasteiger charge is 2.31. The van der Waals surface area contributed by atoms with E-state index in [2.05, 4.69) is 30.7 Å². The smallest absolute Gasteiger partial charge is 0.497 e. The van der Waals surface area contributed by atoms with E-state index in [0.29, 0.717) is 16.6 Å². The van der Waals surface area contributed by atoms with E-state index in [-0.39, 0.29) is 11.8 Å². The molecule has 1 atom stereocenters. The van der Waals surface area contributed by atoms with E-state index in [1.54, 1.807) is 13.3 Å². The van der Waals surface area contributed by atoms with Crippen molar-refractivity contribution >= 4 is 23.5 Å². The van der Waals surface area contributed by atoms with Crippen LogP contribution in [-0.4, -0.2) is 39.6 Å². The van der Waals surface area contributed by atoms with Crippen molar-refractivity contribution in [2.75, 3.05) is 7.11 Å². The van der Waals surface area contributed by atoms with Crippen LogP contribution in [0.2, 0.25) is 0 Å². The molecule has 0 fully saturated rings. The van der Waals surface area contributed by atoms with Crippen LogP contribution in [0.15, 0.2) is 84.2 Å². The Morgan fingerprint density at radius 2 is 1.79 bits per heavy atom. The van der Waals surface area contributed by atoms with Gasteiger partial charge >= 0.3 is 6.36 Å². The summed E-state index contributed by atoms with van der Waals surface area (Å²) in [5, 5.41) is 12.1. The molecule has 1 unspecified atom stereocenters. The van der Waals surface area contributed by atoms with Crippen molar-refractivity contribution < 1.29 is 22.6 Å². The van der Waals surface area contributed by atoms with E-state index in [9.17, 15) is 13.2 Å². The molecule has 2 N–H and O–H groups in total. The molecule has 38 heavy (non-hydrogen) atoms. The highest BCUT2D eigenvalue weighted by molar-refractivity contribution is 7.80. The Kier molecular flexibility index (Phi) is 8.22. The van der Waals surface area contributed by atoms with Crippen LogP contribution >= 0.6 is 12.2 Å². The second-order valence-electron chi connectivity index (χ2n) is 8.02. The van der Waals surface area contributed by atoms with Crippen molar-refractivity contribution in [1.82, 2.24) is 25.5 Å². The fourth-order valence-electron chi connectivity index (χ4n) is 3.43. The normalized spacial score (nSPS) is 12.2. The number of methoxy groups -OCH3 is 1. The van der Waals surface area contributed by atoms with E-state index in [4.69, 9.17) is 17.0 Å². The predicted molar refractivity (Wildman–Crippen MR) is 141 cm³/mol. The maximum atomic E-state index is 12.3. The molecule has 0 bridgehead atoms. The monoisotopic (exact) mass is 540 g/mol. The minimum absolute atomic E-state index is 0.0435. The first kappa shape index (κ1) is 26.6. The van der Waals surface area contributed by atoms with Gasteiger partial charge in [0, 0.05) is 5.56 Å².